The molecular weight excluding hydrogens is 371 g/mol. The third-order valence-corrected chi connectivity index (χ3v) is 5.56. The van der Waals surface area contributed by atoms with E-state index in [0.29, 0.717) is 25.6 Å². The monoisotopic (exact) mass is 386 g/mol. The molecule has 0 radical (unpaired) electrons. The lowest BCUT2D eigenvalue weighted by Crippen LogP contribution is -2.44. The second kappa shape index (κ2) is 7.19. The first-order valence-electron chi connectivity index (χ1n) is 7.56. The number of anilines is 1. The number of pyridine rings is 1. The van der Waals surface area contributed by atoms with Gasteiger partial charge in [0, 0.05) is 18.8 Å². The Hall–Kier alpha value is -1.84. The molecule has 0 aromatic carbocycles. The number of morpholine rings is 1. The molecule has 0 N–H and O–H groups in total. The Morgan fingerprint density at radius 2 is 2.16 bits per heavy atom. The first-order valence-corrected chi connectivity index (χ1v) is 9.59. The Morgan fingerprint density at radius 3 is 2.88 bits per heavy atom. The lowest BCUT2D eigenvalue weighted by atomic mass is 10.2. The third-order valence-electron chi connectivity index (χ3n) is 3.78. The van der Waals surface area contributed by atoms with Gasteiger partial charge in [-0.1, -0.05) is 0 Å². The molecule has 2 aromatic rings. The molecule has 1 aliphatic heterocycles. The molecule has 3 heterocycles. The second-order valence-corrected chi connectivity index (χ2v) is 8.03. The average molecular weight is 387 g/mol. The van der Waals surface area contributed by atoms with Crippen molar-refractivity contribution in [2.45, 2.75) is 23.6 Å². The highest BCUT2D eigenvalue weighted by Gasteiger charge is 2.23. The predicted octanol–water partition coefficient (Wildman–Crippen LogP) is 1.86. The van der Waals surface area contributed by atoms with Crippen molar-refractivity contribution in [1.29, 1.82) is 0 Å². The zero-order valence-electron chi connectivity index (χ0n) is 13.4. The van der Waals surface area contributed by atoms with Gasteiger partial charge in [0.05, 0.1) is 41.8 Å². The van der Waals surface area contributed by atoms with E-state index in [0.717, 1.165) is 18.5 Å². The van der Waals surface area contributed by atoms with Crippen molar-refractivity contribution in [3.05, 3.63) is 41.3 Å². The fourth-order valence-electron chi connectivity index (χ4n) is 2.58. The lowest BCUT2D eigenvalue weighted by Gasteiger charge is -2.34. The summed E-state index contributed by atoms with van der Waals surface area (Å²) in [6.07, 6.45) is 2.05. The van der Waals surface area contributed by atoms with Gasteiger partial charge in [0.1, 0.15) is 11.6 Å². The minimum absolute atomic E-state index is 0.0428. The van der Waals surface area contributed by atoms with E-state index in [1.165, 1.54) is 0 Å². The van der Waals surface area contributed by atoms with Crippen LogP contribution in [-0.4, -0.2) is 49.2 Å². The first kappa shape index (κ1) is 18.0. The van der Waals surface area contributed by atoms with Crippen LogP contribution in [0.5, 0.6) is 0 Å². The largest absolute Gasteiger partial charge is 0.377 e. The molecule has 0 amide bonds. The van der Waals surface area contributed by atoms with Crippen LogP contribution in [0.15, 0.2) is 29.4 Å². The zero-order chi connectivity index (χ0) is 18.0. The predicted molar refractivity (Wildman–Crippen MR) is 89.8 cm³/mol. The first-order chi connectivity index (χ1) is 11.8. The van der Waals surface area contributed by atoms with E-state index in [4.69, 9.17) is 16.3 Å². The molecule has 0 saturated carbocycles. The summed E-state index contributed by atoms with van der Waals surface area (Å²) >= 11 is 5.97. The van der Waals surface area contributed by atoms with Crippen molar-refractivity contribution >= 4 is 27.3 Å². The second-order valence-electron chi connectivity index (χ2n) is 5.70. The summed E-state index contributed by atoms with van der Waals surface area (Å²) in [4.78, 5) is 13.5. The molecule has 134 valence electrons. The molecule has 3 rings (SSSR count). The summed E-state index contributed by atoms with van der Waals surface area (Å²) in [7, 11) is -3.81. The number of halogens is 2. The number of nitrogens with zero attached hydrogens (tertiary/aromatic N) is 4. The van der Waals surface area contributed by atoms with Crippen LogP contribution in [-0.2, 0) is 20.3 Å². The van der Waals surface area contributed by atoms with Crippen LogP contribution in [0.3, 0.4) is 0 Å². The standard InChI is InChI=1S/C15H16ClFN4O3S/c1-10-8-24-3-2-21(10)14-5-12(19-15(16)20-14)9-25(22,23)13-4-11(17)6-18-7-13/h4-7,10H,2-3,8-9H2,1H3/t10-/m0/s1. The van der Waals surface area contributed by atoms with Crippen LogP contribution >= 0.6 is 11.6 Å². The summed E-state index contributed by atoms with van der Waals surface area (Å²) in [6, 6.07) is 2.59. The maximum absolute atomic E-state index is 13.3. The normalized spacial score (nSPS) is 18.4. The van der Waals surface area contributed by atoms with E-state index < -0.39 is 21.4 Å². The highest BCUT2D eigenvalue weighted by Crippen LogP contribution is 2.22. The molecular formula is C15H16ClFN4O3S. The summed E-state index contributed by atoms with van der Waals surface area (Å²) in [5.74, 6) is -0.602. The van der Waals surface area contributed by atoms with Gasteiger partial charge in [-0.25, -0.2) is 22.8 Å². The highest BCUT2D eigenvalue weighted by atomic mass is 35.5. The Balaban J connectivity index is 1.90. The minimum atomic E-state index is -3.81. The molecule has 10 heteroatoms. The fourth-order valence-corrected chi connectivity index (χ4v) is 3.99. The zero-order valence-corrected chi connectivity index (χ0v) is 15.0. The van der Waals surface area contributed by atoms with Crippen molar-refractivity contribution < 1.29 is 17.5 Å². The van der Waals surface area contributed by atoms with E-state index in [9.17, 15) is 12.8 Å². The van der Waals surface area contributed by atoms with Gasteiger partial charge in [-0.3, -0.25) is 4.98 Å². The van der Waals surface area contributed by atoms with E-state index in [-0.39, 0.29) is 21.9 Å². The topological polar surface area (TPSA) is 85.3 Å². The molecule has 25 heavy (non-hydrogen) atoms. The van der Waals surface area contributed by atoms with Crippen LogP contribution in [0.2, 0.25) is 5.28 Å². The average Bonchev–Trinajstić information content (AvgIpc) is 2.54. The Labute approximate surface area is 149 Å². The molecule has 1 atom stereocenters. The maximum Gasteiger partial charge on any atom is 0.224 e. The number of hydrogen-bond acceptors (Lipinski definition) is 7. The van der Waals surface area contributed by atoms with Gasteiger partial charge >= 0.3 is 0 Å². The number of hydrogen-bond donors (Lipinski definition) is 0. The Bertz CT molecular complexity index is 881. The van der Waals surface area contributed by atoms with Crippen LogP contribution < -0.4 is 4.90 Å². The molecule has 0 bridgehead atoms. The lowest BCUT2D eigenvalue weighted by molar-refractivity contribution is 0.0985. The van der Waals surface area contributed by atoms with Gasteiger partial charge in [-0.15, -0.1) is 0 Å². The summed E-state index contributed by atoms with van der Waals surface area (Å²) < 4.78 is 43.6. The van der Waals surface area contributed by atoms with Crippen molar-refractivity contribution in [3.8, 4) is 0 Å². The quantitative estimate of drug-likeness (QED) is 0.741. The van der Waals surface area contributed by atoms with E-state index in [1.54, 1.807) is 6.07 Å². The van der Waals surface area contributed by atoms with Gasteiger partial charge in [-0.05, 0) is 24.6 Å². The van der Waals surface area contributed by atoms with E-state index in [2.05, 4.69) is 15.0 Å². The van der Waals surface area contributed by atoms with Crippen molar-refractivity contribution in [1.82, 2.24) is 15.0 Å². The third kappa shape index (κ3) is 4.23. The summed E-state index contributed by atoms with van der Waals surface area (Å²) in [5.41, 5.74) is 0.234. The molecule has 2 aromatic heterocycles. The number of aromatic nitrogens is 3. The number of sulfone groups is 1. The fraction of sp³-hybridized carbons (Fsp3) is 0.400. The summed E-state index contributed by atoms with van der Waals surface area (Å²) in [6.45, 7) is 3.69. The maximum atomic E-state index is 13.3. The minimum Gasteiger partial charge on any atom is -0.377 e. The van der Waals surface area contributed by atoms with Gasteiger partial charge < -0.3 is 9.64 Å². The number of ether oxygens (including phenoxy) is 1. The van der Waals surface area contributed by atoms with Crippen molar-refractivity contribution in [2.75, 3.05) is 24.7 Å². The van der Waals surface area contributed by atoms with Crippen LogP contribution in [0.25, 0.3) is 0 Å². The van der Waals surface area contributed by atoms with Crippen molar-refractivity contribution in [2.24, 2.45) is 0 Å². The molecule has 1 aliphatic rings. The van der Waals surface area contributed by atoms with E-state index in [1.807, 2.05) is 11.8 Å². The van der Waals surface area contributed by atoms with E-state index >= 15 is 0 Å². The van der Waals surface area contributed by atoms with Gasteiger partial charge in [0.25, 0.3) is 0 Å². The van der Waals surface area contributed by atoms with Crippen LogP contribution in [0, 0.1) is 5.82 Å². The van der Waals surface area contributed by atoms with Crippen LogP contribution in [0.1, 0.15) is 12.6 Å². The number of rotatable bonds is 4. The molecule has 0 unspecified atom stereocenters. The summed E-state index contributed by atoms with van der Waals surface area (Å²) in [5, 5.41) is -0.0428. The highest BCUT2D eigenvalue weighted by molar-refractivity contribution is 7.90. The van der Waals surface area contributed by atoms with Gasteiger partial charge in [-0.2, -0.15) is 0 Å². The molecule has 1 saturated heterocycles. The van der Waals surface area contributed by atoms with Crippen molar-refractivity contribution in [3.63, 3.8) is 0 Å². The SMILES string of the molecule is C[C@H]1COCCN1c1cc(CS(=O)(=O)c2cncc(F)c2)nc(Cl)n1. The van der Waals surface area contributed by atoms with Gasteiger partial charge in [0.2, 0.25) is 5.28 Å². The Kier molecular flexibility index (Phi) is 5.16. The van der Waals surface area contributed by atoms with Gasteiger partial charge in [0.15, 0.2) is 9.84 Å². The molecule has 7 nitrogen and oxygen atoms in total. The molecule has 1 fully saturated rings. The molecule has 0 spiro atoms. The van der Waals surface area contributed by atoms with Crippen LogP contribution in [0.4, 0.5) is 10.2 Å². The Morgan fingerprint density at radius 1 is 1.36 bits per heavy atom. The molecule has 0 aliphatic carbocycles. The smallest absolute Gasteiger partial charge is 0.224 e.